The van der Waals surface area contributed by atoms with E-state index in [-0.39, 0.29) is 11.4 Å². The van der Waals surface area contributed by atoms with Crippen LogP contribution in [0.25, 0.3) is 11.1 Å². The van der Waals surface area contributed by atoms with Gasteiger partial charge in [0.25, 0.3) is 0 Å². The highest BCUT2D eigenvalue weighted by atomic mass is 32.2. The lowest BCUT2D eigenvalue weighted by Gasteiger charge is -2.31. The standard InChI is InChI=1S/C30H34FN3O5S2/c1-30(2,26(32)29(36)37)17-16-25(21-8-4-3-5-9-21)33-27(35)28-34(18-19-40-28)41(38,39)22-14-12-20(13-15-22)23-10-6-7-11-24(23)31/h3-15,25-26,28H,16-19,32H2,1-2H3,(H,33,35)(H,36,37)/t25-,26+,28-/m0/s1. The molecular formula is C30H34FN3O5S2. The van der Waals surface area contributed by atoms with E-state index in [1.807, 2.05) is 30.3 Å². The Bertz CT molecular complexity index is 1480. The first-order chi connectivity index (χ1) is 19.4. The molecule has 0 spiro atoms. The second-order valence-electron chi connectivity index (χ2n) is 10.7. The van der Waals surface area contributed by atoms with Crippen molar-refractivity contribution in [2.75, 3.05) is 12.3 Å². The van der Waals surface area contributed by atoms with Gasteiger partial charge in [-0.2, -0.15) is 4.31 Å². The summed E-state index contributed by atoms with van der Waals surface area (Å²) in [6, 6.07) is 19.9. The molecule has 0 radical (unpaired) electrons. The Morgan fingerprint density at radius 3 is 2.34 bits per heavy atom. The summed E-state index contributed by atoms with van der Waals surface area (Å²) in [5.74, 6) is -1.51. The molecule has 3 aromatic carbocycles. The lowest BCUT2D eigenvalue weighted by molar-refractivity contribution is -0.141. The van der Waals surface area contributed by atoms with Crippen LogP contribution < -0.4 is 11.1 Å². The number of hydrogen-bond donors (Lipinski definition) is 3. The van der Waals surface area contributed by atoms with E-state index in [9.17, 15) is 27.5 Å². The number of carboxylic acids is 1. The van der Waals surface area contributed by atoms with Crippen LogP contribution in [0.3, 0.4) is 0 Å². The number of sulfonamides is 1. The third-order valence-electron chi connectivity index (χ3n) is 7.42. The fourth-order valence-electron chi connectivity index (χ4n) is 4.80. The van der Waals surface area contributed by atoms with Gasteiger partial charge in [0.15, 0.2) is 0 Å². The van der Waals surface area contributed by atoms with Gasteiger partial charge in [0, 0.05) is 17.9 Å². The minimum absolute atomic E-state index is 0.0157. The number of nitrogens with two attached hydrogens (primary N) is 1. The smallest absolute Gasteiger partial charge is 0.321 e. The van der Waals surface area contributed by atoms with Gasteiger partial charge in [-0.25, -0.2) is 12.8 Å². The molecule has 4 N–H and O–H groups in total. The van der Waals surface area contributed by atoms with Gasteiger partial charge in [0.1, 0.15) is 17.2 Å². The van der Waals surface area contributed by atoms with Crippen molar-refractivity contribution in [3.63, 3.8) is 0 Å². The van der Waals surface area contributed by atoms with Gasteiger partial charge >= 0.3 is 5.97 Å². The number of carboxylic acid groups (broad SMARTS) is 1. The molecule has 8 nitrogen and oxygen atoms in total. The minimum atomic E-state index is -4.02. The van der Waals surface area contributed by atoms with Gasteiger partial charge in [-0.15, -0.1) is 11.8 Å². The minimum Gasteiger partial charge on any atom is -0.480 e. The van der Waals surface area contributed by atoms with E-state index in [0.29, 0.717) is 29.7 Å². The predicted octanol–water partition coefficient (Wildman–Crippen LogP) is 4.63. The number of halogens is 1. The van der Waals surface area contributed by atoms with E-state index in [4.69, 9.17) is 5.73 Å². The van der Waals surface area contributed by atoms with Crippen LogP contribution in [0.5, 0.6) is 0 Å². The van der Waals surface area contributed by atoms with E-state index < -0.39 is 50.6 Å². The normalized spacial score (nSPS) is 17.6. The van der Waals surface area contributed by atoms with E-state index >= 15 is 0 Å². The quantitative estimate of drug-likeness (QED) is 0.293. The predicted molar refractivity (Wildman–Crippen MR) is 158 cm³/mol. The number of nitrogens with one attached hydrogen (secondary N) is 1. The van der Waals surface area contributed by atoms with Crippen LogP contribution in [0.1, 0.15) is 38.3 Å². The molecule has 218 valence electrons. The van der Waals surface area contributed by atoms with Crippen molar-refractivity contribution in [2.45, 2.75) is 49.0 Å². The van der Waals surface area contributed by atoms with Crippen LogP contribution in [0, 0.1) is 11.2 Å². The fraction of sp³-hybridized carbons (Fsp3) is 0.333. The molecule has 4 rings (SSSR count). The molecule has 0 aromatic heterocycles. The summed E-state index contributed by atoms with van der Waals surface area (Å²) in [7, 11) is -4.02. The summed E-state index contributed by atoms with van der Waals surface area (Å²) in [6.45, 7) is 3.71. The number of amides is 1. The first-order valence-electron chi connectivity index (χ1n) is 13.2. The Labute approximate surface area is 244 Å². The van der Waals surface area contributed by atoms with Crippen molar-refractivity contribution in [1.82, 2.24) is 9.62 Å². The summed E-state index contributed by atoms with van der Waals surface area (Å²) >= 11 is 1.24. The zero-order valence-electron chi connectivity index (χ0n) is 22.9. The second kappa shape index (κ2) is 12.7. The number of aliphatic carboxylic acids is 1. The SMILES string of the molecule is CC(C)(CC[C@H](NC(=O)[C@@H]1SCCN1S(=O)(=O)c1ccc(-c2ccccc2F)cc1)c1ccccc1)[C@H](N)C(=O)O. The highest BCUT2D eigenvalue weighted by Crippen LogP contribution is 2.34. The number of thioether (sulfide) groups is 1. The van der Waals surface area contributed by atoms with Crippen LogP contribution in [0.15, 0.2) is 83.8 Å². The average molecular weight is 600 g/mol. The highest BCUT2D eigenvalue weighted by molar-refractivity contribution is 8.02. The zero-order chi connectivity index (χ0) is 29.8. The maximum Gasteiger partial charge on any atom is 0.321 e. The summed E-state index contributed by atoms with van der Waals surface area (Å²) in [5.41, 5.74) is 6.90. The molecule has 0 unspecified atom stereocenters. The number of nitrogens with zero attached hydrogens (tertiary/aromatic N) is 1. The maximum absolute atomic E-state index is 14.2. The van der Waals surface area contributed by atoms with Crippen LogP contribution in [0.4, 0.5) is 4.39 Å². The van der Waals surface area contributed by atoms with Crippen LogP contribution in [0.2, 0.25) is 0 Å². The lowest BCUT2D eigenvalue weighted by atomic mass is 9.79. The first-order valence-corrected chi connectivity index (χ1v) is 15.7. The van der Waals surface area contributed by atoms with Gasteiger partial charge in [-0.1, -0.05) is 74.5 Å². The van der Waals surface area contributed by atoms with Crippen molar-refractivity contribution in [3.8, 4) is 11.1 Å². The van der Waals surface area contributed by atoms with Gasteiger partial charge in [0.2, 0.25) is 15.9 Å². The van der Waals surface area contributed by atoms with Crippen LogP contribution in [-0.2, 0) is 19.6 Å². The van der Waals surface area contributed by atoms with E-state index in [1.54, 1.807) is 44.2 Å². The van der Waals surface area contributed by atoms with E-state index in [2.05, 4.69) is 5.32 Å². The third-order valence-corrected chi connectivity index (χ3v) is 10.6. The Morgan fingerprint density at radius 1 is 1.07 bits per heavy atom. The average Bonchev–Trinajstić information content (AvgIpc) is 3.47. The molecule has 0 saturated carbocycles. The van der Waals surface area contributed by atoms with Gasteiger partial charge in [-0.3, -0.25) is 9.59 Å². The Balaban J connectivity index is 1.52. The molecule has 1 heterocycles. The fourth-order valence-corrected chi connectivity index (χ4v) is 7.89. The van der Waals surface area contributed by atoms with Crippen LogP contribution in [-0.4, -0.2) is 53.4 Å². The summed E-state index contributed by atoms with van der Waals surface area (Å²) in [4.78, 5) is 25.1. The molecule has 3 aromatic rings. The number of benzene rings is 3. The van der Waals surface area contributed by atoms with Crippen molar-refractivity contribution >= 4 is 33.7 Å². The molecule has 0 aliphatic carbocycles. The Kier molecular flexibility index (Phi) is 9.53. The monoisotopic (exact) mass is 599 g/mol. The third kappa shape index (κ3) is 6.98. The van der Waals surface area contributed by atoms with Crippen molar-refractivity contribution in [1.29, 1.82) is 0 Å². The molecule has 1 amide bonds. The number of carbonyl (C=O) groups excluding carboxylic acids is 1. The Morgan fingerprint density at radius 2 is 1.71 bits per heavy atom. The highest BCUT2D eigenvalue weighted by Gasteiger charge is 2.41. The summed E-state index contributed by atoms with van der Waals surface area (Å²) in [5, 5.41) is 11.4. The van der Waals surface area contributed by atoms with Crippen molar-refractivity contribution in [3.05, 3.63) is 90.2 Å². The number of hydrogen-bond acceptors (Lipinski definition) is 6. The Hall–Kier alpha value is -3.25. The zero-order valence-corrected chi connectivity index (χ0v) is 24.5. The van der Waals surface area contributed by atoms with Crippen molar-refractivity contribution in [2.24, 2.45) is 11.1 Å². The molecule has 1 saturated heterocycles. The molecule has 1 aliphatic heterocycles. The lowest BCUT2D eigenvalue weighted by Crippen LogP contribution is -2.46. The second-order valence-corrected chi connectivity index (χ2v) is 13.7. The summed E-state index contributed by atoms with van der Waals surface area (Å²) in [6.07, 6.45) is 0.819. The molecule has 11 heteroatoms. The molecule has 3 atom stereocenters. The molecule has 0 bridgehead atoms. The van der Waals surface area contributed by atoms with Gasteiger partial charge < -0.3 is 16.2 Å². The van der Waals surface area contributed by atoms with Gasteiger partial charge in [-0.05, 0) is 47.6 Å². The summed E-state index contributed by atoms with van der Waals surface area (Å²) < 4.78 is 42.6. The first kappa shape index (κ1) is 30.7. The molecule has 1 fully saturated rings. The van der Waals surface area contributed by atoms with E-state index in [0.717, 1.165) is 5.56 Å². The molecule has 41 heavy (non-hydrogen) atoms. The van der Waals surface area contributed by atoms with Crippen LogP contribution >= 0.6 is 11.8 Å². The molecular weight excluding hydrogens is 565 g/mol. The topological polar surface area (TPSA) is 130 Å². The van der Waals surface area contributed by atoms with E-state index in [1.165, 1.54) is 34.3 Å². The van der Waals surface area contributed by atoms with Gasteiger partial charge in [0.05, 0.1) is 10.9 Å². The molecule has 1 aliphatic rings. The maximum atomic E-state index is 14.2. The largest absolute Gasteiger partial charge is 0.480 e. The van der Waals surface area contributed by atoms with Crippen molar-refractivity contribution < 1.29 is 27.5 Å². The number of rotatable bonds is 11. The number of carbonyl (C=O) groups is 2.